The molecule has 30 heavy (non-hydrogen) atoms. The van der Waals surface area contributed by atoms with Crippen molar-refractivity contribution in [3.05, 3.63) is 52.5 Å². The normalized spacial score (nSPS) is 10.5. The standard InChI is InChI=1S/C20H23ClN6O3/c1-4-27-20(24-25-26-27)22-11-14-9-16(21)19(17(10-14)29-3)30-12-18(28)23-15-7-5-13(2)6-8-15/h5-10H,4,11-12H2,1-3H3,(H,23,28)(H,22,24,26). The first-order valence-electron chi connectivity index (χ1n) is 9.36. The Bertz CT molecular complexity index is 1010. The molecule has 158 valence electrons. The average Bonchev–Trinajstić information content (AvgIpc) is 3.20. The minimum Gasteiger partial charge on any atom is -0.493 e. The fourth-order valence-corrected chi connectivity index (χ4v) is 3.00. The average molecular weight is 431 g/mol. The number of aryl methyl sites for hydroxylation is 2. The van der Waals surface area contributed by atoms with E-state index < -0.39 is 0 Å². The Balaban J connectivity index is 1.63. The van der Waals surface area contributed by atoms with Crippen LogP contribution in [0.4, 0.5) is 11.6 Å². The first-order valence-corrected chi connectivity index (χ1v) is 9.73. The third kappa shape index (κ3) is 5.38. The highest BCUT2D eigenvalue weighted by Gasteiger charge is 2.15. The second-order valence-electron chi connectivity index (χ2n) is 6.48. The van der Waals surface area contributed by atoms with Gasteiger partial charge < -0.3 is 20.1 Å². The Morgan fingerprint density at radius 1 is 1.23 bits per heavy atom. The highest BCUT2D eigenvalue weighted by atomic mass is 35.5. The van der Waals surface area contributed by atoms with Gasteiger partial charge in [0, 0.05) is 18.8 Å². The number of amides is 1. The van der Waals surface area contributed by atoms with Crippen LogP contribution in [0.2, 0.25) is 5.02 Å². The number of methoxy groups -OCH3 is 1. The third-order valence-corrected chi connectivity index (χ3v) is 4.53. The lowest BCUT2D eigenvalue weighted by Gasteiger charge is -2.14. The SMILES string of the molecule is CCn1nnnc1NCc1cc(Cl)c(OCC(=O)Nc2ccc(C)cc2)c(OC)c1. The van der Waals surface area contributed by atoms with Gasteiger partial charge in [-0.3, -0.25) is 4.79 Å². The van der Waals surface area contributed by atoms with Gasteiger partial charge in [-0.15, -0.1) is 0 Å². The number of ether oxygens (including phenoxy) is 2. The molecule has 1 aromatic heterocycles. The fraction of sp³-hybridized carbons (Fsp3) is 0.300. The Labute approximate surface area is 179 Å². The van der Waals surface area contributed by atoms with Gasteiger partial charge in [0.15, 0.2) is 18.1 Å². The zero-order chi connectivity index (χ0) is 21.5. The highest BCUT2D eigenvalue weighted by Crippen LogP contribution is 2.36. The van der Waals surface area contributed by atoms with Gasteiger partial charge in [-0.25, -0.2) is 4.68 Å². The number of hydrogen-bond acceptors (Lipinski definition) is 7. The summed E-state index contributed by atoms with van der Waals surface area (Å²) in [5, 5.41) is 17.7. The van der Waals surface area contributed by atoms with Gasteiger partial charge in [0.05, 0.1) is 12.1 Å². The molecule has 2 aromatic carbocycles. The van der Waals surface area contributed by atoms with Gasteiger partial charge in [0.25, 0.3) is 5.91 Å². The number of hydrogen-bond donors (Lipinski definition) is 2. The molecule has 0 saturated carbocycles. The van der Waals surface area contributed by atoms with Crippen LogP contribution in [0, 0.1) is 6.92 Å². The number of rotatable bonds is 9. The largest absolute Gasteiger partial charge is 0.493 e. The molecule has 0 atom stereocenters. The van der Waals surface area contributed by atoms with Gasteiger partial charge in [-0.2, -0.15) is 0 Å². The summed E-state index contributed by atoms with van der Waals surface area (Å²) >= 11 is 6.38. The van der Waals surface area contributed by atoms with Crippen LogP contribution in [0.1, 0.15) is 18.1 Å². The number of anilines is 2. The van der Waals surface area contributed by atoms with Crippen molar-refractivity contribution in [3.8, 4) is 11.5 Å². The number of carbonyl (C=O) groups excluding carboxylic acids is 1. The van der Waals surface area contributed by atoms with Crippen molar-refractivity contribution in [3.63, 3.8) is 0 Å². The Kier molecular flexibility index (Phi) is 7.08. The summed E-state index contributed by atoms with van der Waals surface area (Å²) in [5.41, 5.74) is 2.66. The van der Waals surface area contributed by atoms with E-state index >= 15 is 0 Å². The summed E-state index contributed by atoms with van der Waals surface area (Å²) in [7, 11) is 1.51. The molecule has 0 aliphatic carbocycles. The van der Waals surface area contributed by atoms with Crippen molar-refractivity contribution in [2.75, 3.05) is 24.4 Å². The molecular formula is C20H23ClN6O3. The van der Waals surface area contributed by atoms with E-state index in [4.69, 9.17) is 21.1 Å². The zero-order valence-electron chi connectivity index (χ0n) is 17.0. The first-order chi connectivity index (χ1) is 14.5. The number of tetrazole rings is 1. The summed E-state index contributed by atoms with van der Waals surface area (Å²) in [6.07, 6.45) is 0. The van der Waals surface area contributed by atoms with Crippen molar-refractivity contribution in [1.82, 2.24) is 20.2 Å². The molecule has 0 fully saturated rings. The maximum Gasteiger partial charge on any atom is 0.262 e. The maximum atomic E-state index is 12.2. The van der Waals surface area contributed by atoms with E-state index in [1.165, 1.54) is 7.11 Å². The highest BCUT2D eigenvalue weighted by molar-refractivity contribution is 6.32. The number of halogens is 1. The van der Waals surface area contributed by atoms with Crippen molar-refractivity contribution >= 4 is 29.1 Å². The maximum absolute atomic E-state index is 12.2. The molecule has 0 unspecified atom stereocenters. The molecule has 1 amide bonds. The van der Waals surface area contributed by atoms with Crippen LogP contribution in [-0.2, 0) is 17.9 Å². The first kappa shape index (κ1) is 21.4. The monoisotopic (exact) mass is 430 g/mol. The molecule has 0 aliphatic rings. The number of benzene rings is 2. The minimum atomic E-state index is -0.297. The van der Waals surface area contributed by atoms with Crippen LogP contribution >= 0.6 is 11.6 Å². The Hall–Kier alpha value is -3.33. The summed E-state index contributed by atoms with van der Waals surface area (Å²) in [5.74, 6) is 0.993. The minimum absolute atomic E-state index is 0.202. The molecule has 3 rings (SSSR count). The summed E-state index contributed by atoms with van der Waals surface area (Å²) in [4.78, 5) is 12.2. The van der Waals surface area contributed by atoms with Crippen LogP contribution in [-0.4, -0.2) is 39.8 Å². The summed E-state index contributed by atoms with van der Waals surface area (Å²) in [6, 6.07) is 11.0. The molecule has 0 radical (unpaired) electrons. The van der Waals surface area contributed by atoms with Gasteiger partial charge >= 0.3 is 0 Å². The summed E-state index contributed by atoms with van der Waals surface area (Å²) in [6.45, 7) is 4.81. The van der Waals surface area contributed by atoms with E-state index in [0.29, 0.717) is 41.2 Å². The third-order valence-electron chi connectivity index (χ3n) is 4.25. The number of nitrogens with zero attached hydrogens (tertiary/aromatic N) is 4. The molecule has 0 spiro atoms. The second kappa shape index (κ2) is 9.93. The van der Waals surface area contributed by atoms with Crippen LogP contribution in [0.5, 0.6) is 11.5 Å². The molecular weight excluding hydrogens is 408 g/mol. The van der Waals surface area contributed by atoms with Crippen LogP contribution in [0.15, 0.2) is 36.4 Å². The van der Waals surface area contributed by atoms with Crippen molar-refractivity contribution in [2.24, 2.45) is 0 Å². The molecule has 0 bridgehead atoms. The summed E-state index contributed by atoms with van der Waals surface area (Å²) < 4.78 is 12.7. The molecule has 2 N–H and O–H groups in total. The lowest BCUT2D eigenvalue weighted by Crippen LogP contribution is -2.20. The lowest BCUT2D eigenvalue weighted by molar-refractivity contribution is -0.118. The number of carbonyl (C=O) groups is 1. The lowest BCUT2D eigenvalue weighted by atomic mass is 10.2. The van der Waals surface area contributed by atoms with Crippen LogP contribution in [0.3, 0.4) is 0 Å². The number of aromatic nitrogens is 4. The van der Waals surface area contributed by atoms with Gasteiger partial charge in [0.2, 0.25) is 5.95 Å². The topological polar surface area (TPSA) is 103 Å². The van der Waals surface area contributed by atoms with Crippen molar-refractivity contribution in [1.29, 1.82) is 0 Å². The molecule has 10 heteroatoms. The second-order valence-corrected chi connectivity index (χ2v) is 6.89. The van der Waals surface area contributed by atoms with E-state index in [1.54, 1.807) is 16.8 Å². The Morgan fingerprint density at radius 3 is 2.70 bits per heavy atom. The van der Waals surface area contributed by atoms with Crippen LogP contribution in [0.25, 0.3) is 0 Å². The Morgan fingerprint density at radius 2 is 2.00 bits per heavy atom. The predicted octanol–water partition coefficient (Wildman–Crippen LogP) is 3.29. The van der Waals surface area contributed by atoms with E-state index in [2.05, 4.69) is 26.2 Å². The molecule has 0 aliphatic heterocycles. The van der Waals surface area contributed by atoms with Gasteiger partial charge in [-0.1, -0.05) is 34.4 Å². The van der Waals surface area contributed by atoms with Crippen molar-refractivity contribution < 1.29 is 14.3 Å². The molecule has 3 aromatic rings. The van der Waals surface area contributed by atoms with Gasteiger partial charge in [-0.05, 0) is 54.1 Å². The molecule has 1 heterocycles. The van der Waals surface area contributed by atoms with E-state index in [-0.39, 0.29) is 12.5 Å². The molecule has 0 saturated heterocycles. The van der Waals surface area contributed by atoms with E-state index in [0.717, 1.165) is 11.1 Å². The van der Waals surface area contributed by atoms with Crippen LogP contribution < -0.4 is 20.1 Å². The fourth-order valence-electron chi connectivity index (χ4n) is 2.71. The zero-order valence-corrected chi connectivity index (χ0v) is 17.7. The predicted molar refractivity (Wildman–Crippen MR) is 114 cm³/mol. The quantitative estimate of drug-likeness (QED) is 0.536. The van der Waals surface area contributed by atoms with Crippen molar-refractivity contribution in [2.45, 2.75) is 26.9 Å². The number of nitrogens with one attached hydrogen (secondary N) is 2. The smallest absolute Gasteiger partial charge is 0.262 e. The van der Waals surface area contributed by atoms with E-state index in [1.807, 2.05) is 38.1 Å². The molecule has 9 nitrogen and oxygen atoms in total. The van der Waals surface area contributed by atoms with Gasteiger partial charge in [0.1, 0.15) is 0 Å². The van der Waals surface area contributed by atoms with E-state index in [9.17, 15) is 4.79 Å².